The van der Waals surface area contributed by atoms with Gasteiger partial charge in [0.2, 0.25) is 5.70 Å². The Balaban J connectivity index is 1.23. The number of nitrogens with one attached hydrogen (secondary N) is 1. The van der Waals surface area contributed by atoms with E-state index in [2.05, 4.69) is 18.3 Å². The van der Waals surface area contributed by atoms with Crippen molar-refractivity contribution in [2.75, 3.05) is 26.4 Å². The molecule has 2 fully saturated rings. The molecule has 47 heavy (non-hydrogen) atoms. The van der Waals surface area contributed by atoms with Crippen LogP contribution in [-0.4, -0.2) is 86.7 Å². The topological polar surface area (TPSA) is 148 Å². The van der Waals surface area contributed by atoms with Crippen LogP contribution >= 0.6 is 0 Å². The number of fused-ring (bicyclic) bond motifs is 2. The van der Waals surface area contributed by atoms with E-state index in [1.807, 2.05) is 18.2 Å². The molecule has 5 rings (SSSR count). The number of allylic oxidation sites excluding steroid dienone is 1. The van der Waals surface area contributed by atoms with Crippen molar-refractivity contribution in [1.29, 1.82) is 0 Å². The molecule has 1 aromatic rings. The molecule has 2 heterocycles. The smallest absolute Gasteiger partial charge is 0.208 e. The first-order valence-electron chi connectivity index (χ1n) is 18.0. The largest absolute Gasteiger partial charge is 0.504 e. The fourth-order valence-electron chi connectivity index (χ4n) is 8.08. The van der Waals surface area contributed by atoms with Crippen molar-refractivity contribution in [3.8, 4) is 11.5 Å². The monoisotopic (exact) mass is 653 g/mol. The molecule has 260 valence electrons. The van der Waals surface area contributed by atoms with E-state index in [9.17, 15) is 25.5 Å². The molecular weight excluding hydrogens is 596 g/mol. The SMILES string of the molecule is CCCCC1[OH+][C-](CCc2ccc(O)c(OCC(O)C3=C[C+]4C(=N3)CCC3CCCC3C4C(CCCO)NCC(C)O)c2)C=C1CO. The first-order valence-corrected chi connectivity index (χ1v) is 18.0. The maximum absolute atomic E-state index is 11.3. The fourth-order valence-corrected chi connectivity index (χ4v) is 8.08. The summed E-state index contributed by atoms with van der Waals surface area (Å²) in [7, 11) is 0. The van der Waals surface area contributed by atoms with Gasteiger partial charge in [-0.1, -0.05) is 32.3 Å². The first-order chi connectivity index (χ1) is 22.8. The van der Waals surface area contributed by atoms with Gasteiger partial charge in [-0.25, -0.2) is 0 Å². The fraction of sp³-hybridized carbons (Fsp3) is 0.658. The molecule has 0 radical (unpaired) electrons. The predicted molar refractivity (Wildman–Crippen MR) is 184 cm³/mol. The lowest BCUT2D eigenvalue weighted by molar-refractivity contribution is -0.0550. The van der Waals surface area contributed by atoms with Gasteiger partial charge >= 0.3 is 0 Å². The van der Waals surface area contributed by atoms with Crippen LogP contribution in [0, 0.1) is 29.8 Å². The molecule has 0 amide bonds. The van der Waals surface area contributed by atoms with E-state index in [0.29, 0.717) is 36.2 Å². The molecule has 0 spiro atoms. The van der Waals surface area contributed by atoms with Crippen LogP contribution < -0.4 is 10.1 Å². The minimum absolute atomic E-state index is 0.0238. The molecule has 7 atom stereocenters. The van der Waals surface area contributed by atoms with E-state index in [1.54, 1.807) is 13.0 Å². The lowest BCUT2D eigenvalue weighted by Gasteiger charge is -2.33. The molecule has 7 N–H and O–H groups in total. The number of aromatic hydroxyl groups is 1. The standard InChI is InChI=1S/C38H56N2O7/c1-3-4-10-36-27(22-42)19-28(47-36)14-11-25-12-16-34(44)37(18-25)46-23-35(45)33-20-30-31(40-33)15-13-26-7-5-8-29(26)38(30)32(9-6-17-41)39-21-24(2)43/h12,16,18-20,24,26,29,32,35-36,38-39,41-43,45,47H,3-11,13-15,17,21-23H2,1-2H3/p+1. The predicted octanol–water partition coefficient (Wildman–Crippen LogP) is 4.47. The summed E-state index contributed by atoms with van der Waals surface area (Å²) in [5.74, 6) is 2.89. The number of hydrogen-bond acceptors (Lipinski definition) is 8. The van der Waals surface area contributed by atoms with E-state index in [1.165, 1.54) is 18.8 Å². The van der Waals surface area contributed by atoms with Crippen LogP contribution in [0.15, 0.2) is 46.6 Å². The van der Waals surface area contributed by atoms with Gasteiger partial charge in [0, 0.05) is 38.6 Å². The van der Waals surface area contributed by atoms with Crippen LogP contribution in [0.25, 0.3) is 0 Å². The van der Waals surface area contributed by atoms with E-state index in [0.717, 1.165) is 80.7 Å². The molecule has 2 saturated carbocycles. The normalized spacial score (nSPS) is 25.9. The minimum atomic E-state index is -0.957. The molecule has 0 aromatic heterocycles. The van der Waals surface area contributed by atoms with E-state index in [-0.39, 0.29) is 43.6 Å². The Morgan fingerprint density at radius 1 is 1.17 bits per heavy atom. The van der Waals surface area contributed by atoms with Gasteiger partial charge in [-0.05, 0) is 81.4 Å². The summed E-state index contributed by atoms with van der Waals surface area (Å²) >= 11 is 0. The number of rotatable bonds is 18. The number of nitrogens with zero attached hydrogens (tertiary/aromatic N) is 1. The highest BCUT2D eigenvalue weighted by atomic mass is 16.5. The van der Waals surface area contributed by atoms with Crippen molar-refractivity contribution in [2.24, 2.45) is 22.7 Å². The third kappa shape index (κ3) is 9.13. The van der Waals surface area contributed by atoms with Crippen LogP contribution in [0.4, 0.5) is 0 Å². The van der Waals surface area contributed by atoms with E-state index in [4.69, 9.17) is 14.5 Å². The molecule has 2 aliphatic carbocycles. The second-order valence-electron chi connectivity index (χ2n) is 14.0. The second kappa shape index (κ2) is 17.2. The average Bonchev–Trinajstić information content (AvgIpc) is 3.79. The zero-order chi connectivity index (χ0) is 33.3. The maximum Gasteiger partial charge on any atom is 0.208 e. The van der Waals surface area contributed by atoms with Crippen molar-refractivity contribution in [2.45, 2.75) is 115 Å². The summed E-state index contributed by atoms with van der Waals surface area (Å²) in [5, 5.41) is 54.9. The Labute approximate surface area is 280 Å². The molecule has 9 heteroatoms. The Morgan fingerprint density at radius 3 is 2.79 bits per heavy atom. The molecule has 9 nitrogen and oxygen atoms in total. The molecule has 0 bridgehead atoms. The molecule has 1 aromatic carbocycles. The zero-order valence-corrected chi connectivity index (χ0v) is 28.3. The number of ether oxygens (including phenoxy) is 2. The number of unbranched alkanes of at least 4 members (excludes halogenated alkanes) is 1. The van der Waals surface area contributed by atoms with Crippen molar-refractivity contribution < 1.29 is 35.0 Å². The molecule has 2 aliphatic heterocycles. The van der Waals surface area contributed by atoms with Gasteiger partial charge < -0.3 is 40.3 Å². The highest BCUT2D eigenvalue weighted by molar-refractivity contribution is 6.03. The van der Waals surface area contributed by atoms with Gasteiger partial charge in [0.05, 0.1) is 18.1 Å². The number of benzene rings is 1. The zero-order valence-electron chi connectivity index (χ0n) is 28.3. The molecule has 7 unspecified atom stereocenters. The number of hydrogen-bond donors (Lipinski definition) is 6. The van der Waals surface area contributed by atoms with E-state index < -0.39 is 12.2 Å². The average molecular weight is 654 g/mol. The molecule has 4 aliphatic rings. The quantitative estimate of drug-likeness (QED) is 0.101. The van der Waals surface area contributed by atoms with Gasteiger partial charge in [-0.2, -0.15) is 0 Å². The van der Waals surface area contributed by atoms with Crippen LogP contribution in [0.2, 0.25) is 0 Å². The van der Waals surface area contributed by atoms with Crippen LogP contribution in [0.3, 0.4) is 0 Å². The third-order valence-electron chi connectivity index (χ3n) is 10.5. The lowest BCUT2D eigenvalue weighted by atomic mass is 9.71. The highest BCUT2D eigenvalue weighted by Crippen LogP contribution is 2.50. The van der Waals surface area contributed by atoms with Crippen LogP contribution in [0.1, 0.15) is 90.0 Å². The van der Waals surface area contributed by atoms with Gasteiger partial charge in [-0.3, -0.25) is 0 Å². The lowest BCUT2D eigenvalue weighted by Crippen LogP contribution is -2.46. The van der Waals surface area contributed by atoms with Crippen molar-refractivity contribution in [3.05, 3.63) is 59.2 Å². The number of aliphatic imine (C=N–C) groups is 1. The maximum atomic E-state index is 11.3. The summed E-state index contributed by atoms with van der Waals surface area (Å²) in [5.41, 5.74) is 3.62. The van der Waals surface area contributed by atoms with Gasteiger partial charge in [0.15, 0.2) is 17.6 Å². The summed E-state index contributed by atoms with van der Waals surface area (Å²) in [6, 6.07) is 5.44. The minimum Gasteiger partial charge on any atom is -0.504 e. The summed E-state index contributed by atoms with van der Waals surface area (Å²) in [6.45, 7) is 4.57. The van der Waals surface area contributed by atoms with Crippen molar-refractivity contribution in [3.63, 3.8) is 0 Å². The van der Waals surface area contributed by atoms with E-state index >= 15 is 0 Å². The number of phenols is 1. The Hall–Kier alpha value is -2.53. The number of aryl methyl sites for hydroxylation is 1. The van der Waals surface area contributed by atoms with Gasteiger partial charge in [0.25, 0.3) is 0 Å². The Bertz CT molecular complexity index is 1250. The van der Waals surface area contributed by atoms with Gasteiger partial charge in [0.1, 0.15) is 30.4 Å². The van der Waals surface area contributed by atoms with Gasteiger partial charge in [-0.15, -0.1) is 16.6 Å². The molecule has 0 saturated heterocycles. The Kier molecular flexibility index (Phi) is 13.1. The summed E-state index contributed by atoms with van der Waals surface area (Å²) in [6.07, 6.45) is 15.4. The second-order valence-corrected chi connectivity index (χ2v) is 14.0. The highest BCUT2D eigenvalue weighted by Gasteiger charge is 2.52. The first kappa shape index (κ1) is 35.8. The summed E-state index contributed by atoms with van der Waals surface area (Å²) < 4.78 is 10.8. The van der Waals surface area contributed by atoms with Crippen LogP contribution in [0.5, 0.6) is 11.5 Å². The molecular formula is C38H57N2O7+. The Morgan fingerprint density at radius 2 is 2.02 bits per heavy atom. The van der Waals surface area contributed by atoms with Crippen molar-refractivity contribution >= 4 is 5.71 Å². The van der Waals surface area contributed by atoms with Crippen LogP contribution in [-0.2, 0) is 6.42 Å². The number of aliphatic hydroxyl groups excluding tert-OH is 4. The third-order valence-corrected chi connectivity index (χ3v) is 10.5. The van der Waals surface area contributed by atoms with Crippen molar-refractivity contribution in [1.82, 2.24) is 5.32 Å². The number of phenolic OH excluding ortho intramolecular Hbond substituents is 1. The summed E-state index contributed by atoms with van der Waals surface area (Å²) in [4.78, 5) is 4.95. The number of aliphatic hydroxyl groups is 6.